The van der Waals surface area contributed by atoms with Crippen LogP contribution in [-0.2, 0) is 10.1 Å². The van der Waals surface area contributed by atoms with E-state index in [1.54, 1.807) is 18.2 Å². The Morgan fingerprint density at radius 1 is 0.660 bits per heavy atom. The second-order valence-electron chi connectivity index (χ2n) is 13.1. The average Bonchev–Trinajstić information content (AvgIpc) is 3.18. The molecule has 0 aromatic heterocycles. The molecular weight excluding hydrogens is 681 g/mol. The molecule has 0 fully saturated rings. The van der Waals surface area contributed by atoms with Crippen LogP contribution in [0.4, 0.5) is 17.1 Å². The van der Waals surface area contributed by atoms with E-state index in [9.17, 15) is 13.0 Å². The Morgan fingerprint density at radius 3 is 1.75 bits per heavy atom. The molecule has 278 valence electrons. The van der Waals surface area contributed by atoms with Crippen LogP contribution in [-0.4, -0.2) is 49.6 Å². The molecule has 0 atom stereocenters. The zero-order chi connectivity index (χ0) is 37.6. The van der Waals surface area contributed by atoms with Gasteiger partial charge in [-0.3, -0.25) is 4.55 Å². The normalized spacial score (nSPS) is 12.5. The van der Waals surface area contributed by atoms with Crippen molar-refractivity contribution in [1.29, 1.82) is 0 Å². The molecule has 0 saturated carbocycles. The third-order valence-electron chi connectivity index (χ3n) is 9.08. The lowest BCUT2D eigenvalue weighted by molar-refractivity contribution is -0.439. The van der Waals surface area contributed by atoms with Crippen molar-refractivity contribution in [1.82, 2.24) is 0 Å². The van der Waals surface area contributed by atoms with Gasteiger partial charge >= 0.3 is 0 Å². The molecule has 1 aliphatic carbocycles. The standard InChI is InChI=1S/C45H52N2O5S/c1-5-9-31-46(39-23-27-41(28-24-39)51-33-7-3)37-19-15-35(16-20-37)45(43-13-11-12-14-44(43)53(48,49)50)36-17-21-38(22-18-36)47(32-10-6-2)40-25-29-42(30-26-40)52-34-8-4/h11-30H,5-10,31-34H2,1-4H3/p+1. The fraction of sp³-hybridized carbons (Fsp3) is 0.311. The van der Waals surface area contributed by atoms with Crippen molar-refractivity contribution >= 4 is 38.5 Å². The second kappa shape index (κ2) is 19.2. The highest BCUT2D eigenvalue weighted by molar-refractivity contribution is 7.86. The van der Waals surface area contributed by atoms with E-state index in [1.165, 1.54) is 6.07 Å². The summed E-state index contributed by atoms with van der Waals surface area (Å²) in [5, 5.41) is 0. The molecule has 53 heavy (non-hydrogen) atoms. The zero-order valence-electron chi connectivity index (χ0n) is 31.5. The van der Waals surface area contributed by atoms with Crippen molar-refractivity contribution in [3.05, 3.63) is 138 Å². The first-order chi connectivity index (χ1) is 25.8. The first-order valence-electron chi connectivity index (χ1n) is 18.9. The van der Waals surface area contributed by atoms with Crippen LogP contribution in [0.25, 0.3) is 5.57 Å². The minimum absolute atomic E-state index is 0.131. The summed E-state index contributed by atoms with van der Waals surface area (Å²) < 4.78 is 49.7. The van der Waals surface area contributed by atoms with Crippen LogP contribution in [0.1, 0.15) is 77.3 Å². The summed E-state index contributed by atoms with van der Waals surface area (Å²) in [6.07, 6.45) is 14.3. The van der Waals surface area contributed by atoms with Gasteiger partial charge in [-0.2, -0.15) is 13.0 Å². The third kappa shape index (κ3) is 10.4. The Kier molecular flexibility index (Phi) is 14.3. The molecule has 4 aromatic rings. The van der Waals surface area contributed by atoms with Gasteiger partial charge in [-0.15, -0.1) is 0 Å². The van der Waals surface area contributed by atoms with Gasteiger partial charge in [0.05, 0.1) is 13.2 Å². The van der Waals surface area contributed by atoms with E-state index in [0.717, 1.165) is 97.0 Å². The second-order valence-corrected chi connectivity index (χ2v) is 14.5. The lowest BCUT2D eigenvalue weighted by atomic mass is 9.90. The monoisotopic (exact) mass is 733 g/mol. The van der Waals surface area contributed by atoms with E-state index in [4.69, 9.17) is 9.47 Å². The molecule has 0 bridgehead atoms. The van der Waals surface area contributed by atoms with Crippen molar-refractivity contribution < 1.29 is 27.0 Å². The average molecular weight is 734 g/mol. The highest BCUT2D eigenvalue weighted by atomic mass is 32.2. The van der Waals surface area contributed by atoms with Gasteiger partial charge in [0.1, 0.15) is 22.9 Å². The third-order valence-corrected chi connectivity index (χ3v) is 9.99. The maximum absolute atomic E-state index is 12.7. The predicted molar refractivity (Wildman–Crippen MR) is 218 cm³/mol. The number of anilines is 2. The van der Waals surface area contributed by atoms with Crippen LogP contribution < -0.4 is 14.4 Å². The minimum Gasteiger partial charge on any atom is -0.494 e. The summed E-state index contributed by atoms with van der Waals surface area (Å²) in [6, 6.07) is 31.3. The van der Waals surface area contributed by atoms with E-state index in [0.29, 0.717) is 24.4 Å². The molecule has 0 amide bonds. The van der Waals surface area contributed by atoms with E-state index in [-0.39, 0.29) is 4.90 Å². The number of hydrogen-bond acceptors (Lipinski definition) is 5. The fourth-order valence-corrected chi connectivity index (χ4v) is 7.02. The van der Waals surface area contributed by atoms with Crippen LogP contribution >= 0.6 is 0 Å². The Bertz CT molecular complexity index is 2010. The molecule has 0 spiro atoms. The van der Waals surface area contributed by atoms with Gasteiger partial charge in [-0.25, -0.2) is 0 Å². The lowest BCUT2D eigenvalue weighted by Gasteiger charge is -2.26. The summed E-state index contributed by atoms with van der Waals surface area (Å²) in [5.74, 6) is 1.71. The van der Waals surface area contributed by atoms with Crippen LogP contribution in [0, 0.1) is 0 Å². The van der Waals surface area contributed by atoms with E-state index < -0.39 is 10.1 Å². The summed E-state index contributed by atoms with van der Waals surface area (Å²) >= 11 is 0. The molecule has 0 heterocycles. The molecule has 0 aliphatic heterocycles. The highest BCUT2D eigenvalue weighted by Gasteiger charge is 2.23. The van der Waals surface area contributed by atoms with Crippen molar-refractivity contribution in [2.45, 2.75) is 71.1 Å². The molecule has 4 aromatic carbocycles. The summed E-state index contributed by atoms with van der Waals surface area (Å²) in [4.78, 5) is 2.17. The maximum atomic E-state index is 12.7. The van der Waals surface area contributed by atoms with E-state index in [2.05, 4.69) is 85.7 Å². The summed E-state index contributed by atoms with van der Waals surface area (Å²) in [6.45, 7) is 11.6. The summed E-state index contributed by atoms with van der Waals surface area (Å²) in [7, 11) is -4.51. The largest absolute Gasteiger partial charge is 0.494 e. The lowest BCUT2D eigenvalue weighted by Crippen LogP contribution is -2.18. The van der Waals surface area contributed by atoms with Crippen LogP contribution in [0.2, 0.25) is 0 Å². The van der Waals surface area contributed by atoms with Gasteiger partial charge < -0.3 is 14.4 Å². The molecule has 0 unspecified atom stereocenters. The number of nitrogens with zero attached hydrogens (tertiary/aromatic N) is 2. The van der Waals surface area contributed by atoms with Crippen molar-refractivity contribution in [3.8, 4) is 11.5 Å². The number of unbranched alkanes of at least 4 members (excludes halogenated alkanes) is 2. The van der Waals surface area contributed by atoms with Crippen LogP contribution in [0.5, 0.6) is 11.5 Å². The first-order valence-corrected chi connectivity index (χ1v) is 20.4. The van der Waals surface area contributed by atoms with Crippen LogP contribution in [0.3, 0.4) is 0 Å². The Morgan fingerprint density at radius 2 is 1.21 bits per heavy atom. The Labute approximate surface area is 316 Å². The van der Waals surface area contributed by atoms with Gasteiger partial charge in [0.25, 0.3) is 10.1 Å². The predicted octanol–water partition coefficient (Wildman–Crippen LogP) is 11.0. The number of allylic oxidation sites excluding steroid dienone is 5. The Hall–Kier alpha value is -4.92. The van der Waals surface area contributed by atoms with Gasteiger partial charge in [0.15, 0.2) is 0 Å². The molecule has 5 rings (SSSR count). The summed E-state index contributed by atoms with van der Waals surface area (Å²) in [5.41, 5.74) is 7.02. The molecule has 0 saturated heterocycles. The molecule has 0 radical (unpaired) electrons. The molecule has 1 N–H and O–H groups in total. The quantitative estimate of drug-likeness (QED) is 0.0810. The smallest absolute Gasteiger partial charge is 0.295 e. The first kappa shape index (κ1) is 39.3. The van der Waals surface area contributed by atoms with E-state index in [1.807, 2.05) is 48.6 Å². The van der Waals surface area contributed by atoms with Crippen molar-refractivity contribution in [2.24, 2.45) is 0 Å². The fourth-order valence-electron chi connectivity index (χ4n) is 6.32. The van der Waals surface area contributed by atoms with E-state index >= 15 is 0 Å². The van der Waals surface area contributed by atoms with Gasteiger partial charge in [0, 0.05) is 54.2 Å². The number of hydrogen-bond donors (Lipinski definition) is 1. The van der Waals surface area contributed by atoms with Gasteiger partial charge in [-0.1, -0.05) is 70.9 Å². The zero-order valence-corrected chi connectivity index (χ0v) is 32.3. The van der Waals surface area contributed by atoms with Gasteiger partial charge in [0.2, 0.25) is 11.4 Å². The molecule has 7 nitrogen and oxygen atoms in total. The number of ether oxygens (including phenoxy) is 2. The maximum Gasteiger partial charge on any atom is 0.295 e. The molecular formula is C45H53N2O5S+. The number of benzene rings is 4. The van der Waals surface area contributed by atoms with Crippen molar-refractivity contribution in [2.75, 3.05) is 31.2 Å². The van der Waals surface area contributed by atoms with Crippen molar-refractivity contribution in [3.63, 3.8) is 0 Å². The minimum atomic E-state index is -4.51. The molecule has 1 aliphatic rings. The highest BCUT2D eigenvalue weighted by Crippen LogP contribution is 2.36. The SMILES string of the molecule is CCCCN(c1ccc(OCCC)cc1)c1ccc(C(=C2C=CC(=[N+](CCCC)c3ccc(OCCC)cc3)C=C2)c2ccccc2S(=O)(=O)O)cc1. The van der Waals surface area contributed by atoms with Gasteiger partial charge in [-0.05, 0) is 103 Å². The van der Waals surface area contributed by atoms with Crippen LogP contribution in [0.15, 0.2) is 132 Å². The topological polar surface area (TPSA) is 79.1 Å². The Balaban J connectivity index is 1.57. The molecule has 8 heteroatoms. The number of rotatable bonds is 18.